The van der Waals surface area contributed by atoms with Gasteiger partial charge < -0.3 is 0 Å². The summed E-state index contributed by atoms with van der Waals surface area (Å²) in [6.07, 6.45) is 11.0. The first-order valence-corrected chi connectivity index (χ1v) is 12.7. The van der Waals surface area contributed by atoms with Crippen molar-refractivity contribution in [1.29, 1.82) is 0 Å². The van der Waals surface area contributed by atoms with Crippen molar-refractivity contribution in [3.63, 3.8) is 0 Å². The molecule has 4 aliphatic carbocycles. The molecule has 7 rings (SSSR count). The minimum absolute atomic E-state index is 0.0573. The second-order valence-corrected chi connectivity index (χ2v) is 11.0. The Balaban J connectivity index is 1.25. The molecule has 3 aromatic rings. The number of nitrogens with zero attached hydrogens (tertiary/aromatic N) is 4. The summed E-state index contributed by atoms with van der Waals surface area (Å²) in [4.78, 5) is 17.8. The normalized spacial score (nSPS) is 28.2. The summed E-state index contributed by atoms with van der Waals surface area (Å²) in [6, 6.07) is 14.3. The zero-order valence-electron chi connectivity index (χ0n) is 18.2. The number of carbonyl (C=O) groups excluding carboxylic acids is 1. The second-order valence-electron chi connectivity index (χ2n) is 10.0. The van der Waals surface area contributed by atoms with Gasteiger partial charge in [-0.3, -0.25) is 14.3 Å². The molecule has 2 aromatic heterocycles. The fraction of sp³-hybridized carbons (Fsp3) is 0.462. The van der Waals surface area contributed by atoms with Crippen molar-refractivity contribution in [3.05, 3.63) is 60.4 Å². The number of ketones is 1. The zero-order valence-corrected chi connectivity index (χ0v) is 19.0. The maximum Gasteiger partial charge on any atom is 0.192 e. The molecule has 4 fully saturated rings. The molecule has 6 heteroatoms. The molecule has 4 bridgehead atoms. The van der Waals surface area contributed by atoms with E-state index in [1.54, 1.807) is 18.0 Å². The van der Waals surface area contributed by atoms with Crippen LogP contribution in [-0.2, 0) is 11.3 Å². The van der Waals surface area contributed by atoms with Gasteiger partial charge in [0.05, 0.1) is 12.3 Å². The van der Waals surface area contributed by atoms with Gasteiger partial charge in [0.25, 0.3) is 0 Å². The maximum atomic E-state index is 13.5. The van der Waals surface area contributed by atoms with Gasteiger partial charge in [-0.05, 0) is 74.0 Å². The zero-order chi connectivity index (χ0) is 21.5. The first-order chi connectivity index (χ1) is 15.7. The highest BCUT2D eigenvalue weighted by Gasteiger charge is 2.54. The van der Waals surface area contributed by atoms with E-state index >= 15 is 0 Å². The molecule has 0 aliphatic heterocycles. The molecule has 2 heterocycles. The molecular formula is C26H28N4OS. The predicted molar refractivity (Wildman–Crippen MR) is 125 cm³/mol. The van der Waals surface area contributed by atoms with Gasteiger partial charge in [0.2, 0.25) is 0 Å². The Kier molecular flexibility index (Phi) is 5.13. The number of Topliss-reactive ketones (excluding diaryl/α,β-unsaturated/α-hetero) is 1. The summed E-state index contributed by atoms with van der Waals surface area (Å²) in [5.41, 5.74) is 2.07. The van der Waals surface area contributed by atoms with Crippen LogP contribution in [0.4, 0.5) is 0 Å². The largest absolute Gasteiger partial charge is 0.298 e. The molecule has 1 aromatic carbocycles. The summed E-state index contributed by atoms with van der Waals surface area (Å²) in [5, 5.41) is 9.81. The van der Waals surface area contributed by atoms with Crippen LogP contribution < -0.4 is 0 Å². The second kappa shape index (κ2) is 8.14. The highest BCUT2D eigenvalue weighted by Crippen LogP contribution is 2.60. The number of benzene rings is 1. The van der Waals surface area contributed by atoms with Crippen LogP contribution in [0.15, 0.2) is 60.0 Å². The number of hydrogen-bond acceptors (Lipinski definition) is 5. The van der Waals surface area contributed by atoms with Crippen LogP contribution in [0.2, 0.25) is 0 Å². The Morgan fingerprint density at radius 3 is 2.34 bits per heavy atom. The van der Waals surface area contributed by atoms with Crippen molar-refractivity contribution in [3.8, 4) is 11.4 Å². The van der Waals surface area contributed by atoms with Crippen molar-refractivity contribution in [2.24, 2.45) is 23.2 Å². The summed E-state index contributed by atoms with van der Waals surface area (Å²) in [7, 11) is 0. The van der Waals surface area contributed by atoms with Gasteiger partial charge in [-0.15, -0.1) is 10.2 Å². The van der Waals surface area contributed by atoms with E-state index in [9.17, 15) is 4.79 Å². The molecule has 5 nitrogen and oxygen atoms in total. The van der Waals surface area contributed by atoms with Crippen LogP contribution in [0.1, 0.15) is 44.1 Å². The van der Waals surface area contributed by atoms with Crippen LogP contribution in [-0.4, -0.2) is 31.3 Å². The fourth-order valence-corrected chi connectivity index (χ4v) is 7.72. The van der Waals surface area contributed by atoms with Gasteiger partial charge in [-0.1, -0.05) is 42.1 Å². The average molecular weight is 445 g/mol. The number of hydrogen-bond donors (Lipinski definition) is 0. The van der Waals surface area contributed by atoms with E-state index in [1.165, 1.54) is 24.8 Å². The fourth-order valence-electron chi connectivity index (χ4n) is 6.75. The first-order valence-electron chi connectivity index (χ1n) is 11.7. The van der Waals surface area contributed by atoms with E-state index in [-0.39, 0.29) is 5.41 Å². The topological polar surface area (TPSA) is 60.7 Å². The Hall–Kier alpha value is -2.47. The number of aromatic nitrogens is 4. The van der Waals surface area contributed by atoms with Gasteiger partial charge in [-0.2, -0.15) is 0 Å². The van der Waals surface area contributed by atoms with E-state index in [0.717, 1.165) is 53.6 Å². The van der Waals surface area contributed by atoms with Gasteiger partial charge in [0.15, 0.2) is 11.0 Å². The molecular weight excluding hydrogens is 416 g/mol. The Morgan fingerprint density at radius 1 is 0.969 bits per heavy atom. The van der Waals surface area contributed by atoms with E-state index in [2.05, 4.69) is 31.9 Å². The van der Waals surface area contributed by atoms with Crippen molar-refractivity contribution in [2.45, 2.75) is 50.2 Å². The first kappa shape index (κ1) is 20.2. The number of rotatable bonds is 7. The Labute approximate surface area is 193 Å². The quantitative estimate of drug-likeness (QED) is 0.465. The van der Waals surface area contributed by atoms with Gasteiger partial charge in [0, 0.05) is 23.4 Å². The van der Waals surface area contributed by atoms with Crippen molar-refractivity contribution < 1.29 is 4.79 Å². The number of carbonyl (C=O) groups is 1. The molecule has 0 amide bonds. The molecule has 0 unspecified atom stereocenters. The molecule has 4 aliphatic rings. The average Bonchev–Trinajstić information content (AvgIpc) is 3.20. The maximum absolute atomic E-state index is 13.5. The molecule has 0 saturated heterocycles. The third kappa shape index (κ3) is 3.68. The highest BCUT2D eigenvalue weighted by atomic mass is 32.2. The summed E-state index contributed by atoms with van der Waals surface area (Å²) in [6.45, 7) is 0.673. The summed E-state index contributed by atoms with van der Waals surface area (Å²) < 4.78 is 2.13. The van der Waals surface area contributed by atoms with E-state index in [0.29, 0.717) is 18.1 Å². The minimum atomic E-state index is -0.0573. The molecule has 0 N–H and O–H groups in total. The third-order valence-corrected chi connectivity index (χ3v) is 8.75. The lowest BCUT2D eigenvalue weighted by atomic mass is 9.48. The van der Waals surface area contributed by atoms with Gasteiger partial charge >= 0.3 is 0 Å². The molecule has 4 saturated carbocycles. The molecule has 0 atom stereocenters. The number of thioether (sulfide) groups is 1. The van der Waals surface area contributed by atoms with Crippen molar-refractivity contribution >= 4 is 17.5 Å². The van der Waals surface area contributed by atoms with Crippen molar-refractivity contribution in [2.75, 3.05) is 5.75 Å². The van der Waals surface area contributed by atoms with Crippen LogP contribution in [0.3, 0.4) is 0 Å². The van der Waals surface area contributed by atoms with E-state index in [1.807, 2.05) is 36.5 Å². The van der Waals surface area contributed by atoms with Crippen LogP contribution in [0.5, 0.6) is 0 Å². The highest BCUT2D eigenvalue weighted by molar-refractivity contribution is 7.99. The van der Waals surface area contributed by atoms with Gasteiger partial charge in [0.1, 0.15) is 5.78 Å². The molecule has 0 spiro atoms. The van der Waals surface area contributed by atoms with Crippen molar-refractivity contribution in [1.82, 2.24) is 19.7 Å². The van der Waals surface area contributed by atoms with Crippen LogP contribution in [0, 0.1) is 23.2 Å². The lowest BCUT2D eigenvalue weighted by Crippen LogP contribution is -2.50. The number of pyridine rings is 1. The van der Waals surface area contributed by atoms with Crippen LogP contribution >= 0.6 is 11.8 Å². The Morgan fingerprint density at radius 2 is 1.69 bits per heavy atom. The lowest BCUT2D eigenvalue weighted by molar-refractivity contribution is -0.141. The summed E-state index contributed by atoms with van der Waals surface area (Å²) >= 11 is 1.56. The van der Waals surface area contributed by atoms with E-state index in [4.69, 9.17) is 0 Å². The van der Waals surface area contributed by atoms with Gasteiger partial charge in [-0.25, -0.2) is 0 Å². The summed E-state index contributed by atoms with van der Waals surface area (Å²) in [5.74, 6) is 4.09. The molecule has 164 valence electrons. The Bertz CT molecular complexity index is 1080. The third-order valence-electron chi connectivity index (χ3n) is 7.78. The standard InChI is InChI=1S/C26H28N4OS/c31-23(26-12-19-9-20(13-26)11-21(10-19)14-26)17-32-25-29-28-24(22-7-4-8-27-15-22)30(25)16-18-5-2-1-3-6-18/h1-8,15,19-21H,9-14,16-17H2. The SMILES string of the molecule is O=C(CSc1nnc(-c2cccnc2)n1Cc1ccccc1)C12CC3CC(CC(C3)C1)C2. The molecule has 32 heavy (non-hydrogen) atoms. The lowest BCUT2D eigenvalue weighted by Gasteiger charge is -2.56. The van der Waals surface area contributed by atoms with Crippen LogP contribution in [0.25, 0.3) is 11.4 Å². The predicted octanol–water partition coefficient (Wildman–Crippen LogP) is 5.27. The molecule has 0 radical (unpaired) electrons. The van der Waals surface area contributed by atoms with E-state index < -0.39 is 0 Å². The monoisotopic (exact) mass is 444 g/mol. The smallest absolute Gasteiger partial charge is 0.192 e. The minimum Gasteiger partial charge on any atom is -0.298 e.